The summed E-state index contributed by atoms with van der Waals surface area (Å²) in [6.45, 7) is 6.36. The molecule has 0 bridgehead atoms. The van der Waals surface area contributed by atoms with Gasteiger partial charge in [0.15, 0.2) is 0 Å². The summed E-state index contributed by atoms with van der Waals surface area (Å²) in [5, 5.41) is 2.98. The van der Waals surface area contributed by atoms with Gasteiger partial charge in [0.2, 0.25) is 5.91 Å². The summed E-state index contributed by atoms with van der Waals surface area (Å²) >= 11 is 0. The van der Waals surface area contributed by atoms with Gasteiger partial charge >= 0.3 is 0 Å². The Morgan fingerprint density at radius 2 is 2.14 bits per heavy atom. The van der Waals surface area contributed by atoms with Crippen LogP contribution >= 0.6 is 0 Å². The quantitative estimate of drug-likeness (QED) is 0.846. The molecular weight excluding hydrogens is 280 g/mol. The topological polar surface area (TPSA) is 73.6 Å². The molecule has 5 nitrogen and oxygen atoms in total. The van der Waals surface area contributed by atoms with E-state index >= 15 is 0 Å². The van der Waals surface area contributed by atoms with Gasteiger partial charge < -0.3 is 20.5 Å². The van der Waals surface area contributed by atoms with Crippen molar-refractivity contribution in [1.82, 2.24) is 0 Å². The number of carbonyl (C=O) groups is 1. The van der Waals surface area contributed by atoms with Crippen molar-refractivity contribution in [3.8, 4) is 5.75 Å². The zero-order valence-electron chi connectivity index (χ0n) is 13.4. The molecule has 0 aromatic heterocycles. The molecule has 1 aromatic carbocycles. The highest BCUT2D eigenvalue weighted by molar-refractivity contribution is 5.95. The minimum atomic E-state index is -0.521. The van der Waals surface area contributed by atoms with Gasteiger partial charge in [0.1, 0.15) is 5.75 Å². The summed E-state index contributed by atoms with van der Waals surface area (Å²) in [5.41, 5.74) is 6.08. The minimum absolute atomic E-state index is 0.0284. The number of carbonyl (C=O) groups excluding carboxylic acids is 1. The number of nitrogens with two attached hydrogens (primary N) is 1. The summed E-state index contributed by atoms with van der Waals surface area (Å²) in [5.74, 6) is 1.19. The van der Waals surface area contributed by atoms with Gasteiger partial charge in [0, 0.05) is 31.5 Å². The van der Waals surface area contributed by atoms with Gasteiger partial charge in [0.25, 0.3) is 0 Å². The average molecular weight is 306 g/mol. The molecule has 0 aliphatic carbocycles. The molecule has 1 aromatic rings. The largest absolute Gasteiger partial charge is 0.493 e. The summed E-state index contributed by atoms with van der Waals surface area (Å²) in [7, 11) is 0. The maximum atomic E-state index is 12.6. The highest BCUT2D eigenvalue weighted by atomic mass is 16.5. The van der Waals surface area contributed by atoms with Crippen molar-refractivity contribution in [2.24, 2.45) is 17.1 Å². The number of hydrogen-bond acceptors (Lipinski definition) is 4. The number of nitrogens with one attached hydrogen (secondary N) is 1. The molecule has 0 unspecified atom stereocenters. The Kier molecular flexibility index (Phi) is 5.80. The maximum Gasteiger partial charge on any atom is 0.232 e. The molecule has 1 aliphatic rings. The van der Waals surface area contributed by atoms with E-state index in [1.807, 2.05) is 24.3 Å². The van der Waals surface area contributed by atoms with Crippen LogP contribution < -0.4 is 15.8 Å². The van der Waals surface area contributed by atoms with E-state index in [0.717, 1.165) is 11.4 Å². The van der Waals surface area contributed by atoms with Gasteiger partial charge in [-0.25, -0.2) is 0 Å². The van der Waals surface area contributed by atoms with Crippen LogP contribution in [0.1, 0.15) is 26.7 Å². The van der Waals surface area contributed by atoms with Crippen LogP contribution in [-0.2, 0) is 9.53 Å². The minimum Gasteiger partial charge on any atom is -0.493 e. The molecule has 0 spiro atoms. The lowest BCUT2D eigenvalue weighted by atomic mass is 9.79. The first kappa shape index (κ1) is 16.8. The average Bonchev–Trinajstić information content (AvgIpc) is 2.54. The summed E-state index contributed by atoms with van der Waals surface area (Å²) in [6, 6.07) is 7.49. The molecule has 0 saturated carbocycles. The van der Waals surface area contributed by atoms with E-state index in [9.17, 15) is 4.79 Å². The zero-order chi connectivity index (χ0) is 16.0. The Labute approximate surface area is 132 Å². The van der Waals surface area contributed by atoms with Gasteiger partial charge in [-0.3, -0.25) is 4.79 Å². The Morgan fingerprint density at radius 3 is 2.77 bits per heavy atom. The van der Waals surface area contributed by atoms with Crippen molar-refractivity contribution in [1.29, 1.82) is 0 Å². The molecular formula is C17H26N2O3. The van der Waals surface area contributed by atoms with E-state index in [1.54, 1.807) is 0 Å². The summed E-state index contributed by atoms with van der Waals surface area (Å²) in [6.07, 6.45) is 1.33. The molecule has 2 rings (SSSR count). The number of hydrogen-bond donors (Lipinski definition) is 2. The predicted molar refractivity (Wildman–Crippen MR) is 86.9 cm³/mol. The number of benzene rings is 1. The molecule has 3 N–H and O–H groups in total. The van der Waals surface area contributed by atoms with Gasteiger partial charge in [-0.15, -0.1) is 0 Å². The van der Waals surface area contributed by atoms with Crippen LogP contribution in [0.25, 0.3) is 0 Å². The van der Waals surface area contributed by atoms with Crippen molar-refractivity contribution >= 4 is 11.6 Å². The van der Waals surface area contributed by atoms with Crippen molar-refractivity contribution in [2.45, 2.75) is 26.7 Å². The van der Waals surface area contributed by atoms with Crippen LogP contribution in [-0.4, -0.2) is 32.3 Å². The highest BCUT2D eigenvalue weighted by Crippen LogP contribution is 2.31. The van der Waals surface area contributed by atoms with E-state index in [4.69, 9.17) is 15.2 Å². The third-order valence-corrected chi connectivity index (χ3v) is 4.00. The van der Waals surface area contributed by atoms with E-state index in [1.165, 1.54) is 0 Å². The lowest BCUT2D eigenvalue weighted by Crippen LogP contribution is -2.46. The van der Waals surface area contributed by atoms with E-state index in [2.05, 4.69) is 19.2 Å². The van der Waals surface area contributed by atoms with Gasteiger partial charge in [-0.1, -0.05) is 19.9 Å². The molecule has 1 amide bonds. The normalized spacial score (nSPS) is 17.3. The fraction of sp³-hybridized carbons (Fsp3) is 0.588. The van der Waals surface area contributed by atoms with Crippen molar-refractivity contribution in [2.75, 3.05) is 31.7 Å². The van der Waals surface area contributed by atoms with Crippen LogP contribution in [0.3, 0.4) is 0 Å². The van der Waals surface area contributed by atoms with Crippen LogP contribution in [0.4, 0.5) is 5.69 Å². The second-order valence-electron chi connectivity index (χ2n) is 6.28. The molecule has 22 heavy (non-hydrogen) atoms. The molecule has 1 fully saturated rings. The second kappa shape index (κ2) is 7.61. The molecule has 0 atom stereocenters. The monoisotopic (exact) mass is 306 g/mol. The fourth-order valence-electron chi connectivity index (χ4n) is 2.48. The molecule has 0 radical (unpaired) electrons. The Bertz CT molecular complexity index is 496. The number of ether oxygens (including phenoxy) is 2. The van der Waals surface area contributed by atoms with Crippen molar-refractivity contribution in [3.05, 3.63) is 24.3 Å². The lowest BCUT2D eigenvalue weighted by molar-refractivity contribution is -0.130. The van der Waals surface area contributed by atoms with Gasteiger partial charge in [0.05, 0.1) is 12.0 Å². The summed E-state index contributed by atoms with van der Waals surface area (Å²) in [4.78, 5) is 12.6. The molecule has 5 heteroatoms. The van der Waals surface area contributed by atoms with Gasteiger partial charge in [-0.2, -0.15) is 0 Å². The van der Waals surface area contributed by atoms with Crippen LogP contribution in [0.2, 0.25) is 0 Å². The Balaban J connectivity index is 2.02. The van der Waals surface area contributed by atoms with Crippen LogP contribution in [0.15, 0.2) is 24.3 Å². The third kappa shape index (κ3) is 4.21. The first-order valence-corrected chi connectivity index (χ1v) is 7.88. The Morgan fingerprint density at radius 1 is 1.41 bits per heavy atom. The first-order chi connectivity index (χ1) is 10.6. The summed E-state index contributed by atoms with van der Waals surface area (Å²) < 4.78 is 11.0. The smallest absolute Gasteiger partial charge is 0.232 e. The predicted octanol–water partition coefficient (Wildman–Crippen LogP) is 2.42. The number of amides is 1. The van der Waals surface area contributed by atoms with E-state index in [0.29, 0.717) is 45.1 Å². The highest BCUT2D eigenvalue weighted by Gasteiger charge is 2.38. The van der Waals surface area contributed by atoms with E-state index in [-0.39, 0.29) is 5.91 Å². The number of anilines is 1. The molecule has 1 saturated heterocycles. The standard InChI is InChI=1S/C17H26N2O3/c1-13(2)11-22-15-5-3-4-14(10-15)19-16(20)17(12-18)6-8-21-9-7-17/h3-5,10,13H,6-9,11-12,18H2,1-2H3,(H,19,20). The molecule has 122 valence electrons. The fourth-order valence-corrected chi connectivity index (χ4v) is 2.48. The molecule has 1 aliphatic heterocycles. The van der Waals surface area contributed by atoms with Crippen LogP contribution in [0, 0.1) is 11.3 Å². The SMILES string of the molecule is CC(C)COc1cccc(NC(=O)C2(CN)CCOCC2)c1. The van der Waals surface area contributed by atoms with E-state index < -0.39 is 5.41 Å². The van der Waals surface area contributed by atoms with Crippen molar-refractivity contribution < 1.29 is 14.3 Å². The zero-order valence-corrected chi connectivity index (χ0v) is 13.4. The molecule has 1 heterocycles. The number of rotatable bonds is 6. The Hall–Kier alpha value is -1.59. The third-order valence-electron chi connectivity index (χ3n) is 4.00. The first-order valence-electron chi connectivity index (χ1n) is 7.88. The maximum absolute atomic E-state index is 12.6. The lowest BCUT2D eigenvalue weighted by Gasteiger charge is -2.34. The van der Waals surface area contributed by atoms with Crippen LogP contribution in [0.5, 0.6) is 5.75 Å². The second-order valence-corrected chi connectivity index (χ2v) is 6.28. The van der Waals surface area contributed by atoms with Crippen molar-refractivity contribution in [3.63, 3.8) is 0 Å². The van der Waals surface area contributed by atoms with Gasteiger partial charge in [-0.05, 0) is 30.9 Å².